The van der Waals surface area contributed by atoms with E-state index in [0.717, 1.165) is 28.4 Å². The molecule has 0 atom stereocenters. The zero-order valence-electron chi connectivity index (χ0n) is 8.08. The Bertz CT molecular complexity index is 376. The van der Waals surface area contributed by atoms with Crippen LogP contribution in [0.5, 0.6) is 5.06 Å². The van der Waals surface area contributed by atoms with E-state index < -0.39 is 0 Å². The topological polar surface area (TPSA) is 26.3 Å². The molecule has 1 aromatic rings. The summed E-state index contributed by atoms with van der Waals surface area (Å²) in [6.45, 7) is 0. The summed E-state index contributed by atoms with van der Waals surface area (Å²) in [6.07, 6.45) is 4.46. The first-order chi connectivity index (χ1) is 6.79. The molecule has 0 aromatic carbocycles. The van der Waals surface area contributed by atoms with E-state index in [9.17, 15) is 4.79 Å². The fraction of sp³-hybridized carbons (Fsp3) is 0.364. The van der Waals surface area contributed by atoms with E-state index in [1.807, 2.05) is 12.1 Å². The van der Waals surface area contributed by atoms with Crippen molar-refractivity contribution in [3.8, 4) is 5.06 Å². The van der Waals surface area contributed by atoms with Gasteiger partial charge < -0.3 is 4.74 Å². The first-order valence-electron chi connectivity index (χ1n) is 4.67. The number of ether oxygens (including phenoxy) is 1. The first-order valence-corrected chi connectivity index (χ1v) is 5.49. The fourth-order valence-corrected chi connectivity index (χ4v) is 2.45. The maximum atomic E-state index is 11.2. The number of hydrogen-bond acceptors (Lipinski definition) is 3. The number of carbonyl (C=O) groups excluding carboxylic acids is 1. The van der Waals surface area contributed by atoms with Crippen molar-refractivity contribution in [2.75, 3.05) is 7.11 Å². The predicted molar refractivity (Wildman–Crippen MR) is 57.7 cm³/mol. The highest BCUT2D eigenvalue weighted by atomic mass is 32.1. The van der Waals surface area contributed by atoms with Crippen LogP contribution in [0.1, 0.15) is 24.1 Å². The number of allylic oxidation sites excluding steroid dienone is 2. The van der Waals surface area contributed by atoms with Crippen molar-refractivity contribution in [1.82, 2.24) is 0 Å². The summed E-state index contributed by atoms with van der Waals surface area (Å²) < 4.78 is 5.12. The van der Waals surface area contributed by atoms with Gasteiger partial charge in [-0.3, -0.25) is 4.79 Å². The maximum Gasteiger partial charge on any atom is 0.173 e. The normalized spacial score (nSPS) is 16.6. The van der Waals surface area contributed by atoms with Gasteiger partial charge in [-0.15, -0.1) is 0 Å². The zero-order chi connectivity index (χ0) is 9.97. The zero-order valence-corrected chi connectivity index (χ0v) is 8.89. The third-order valence-electron chi connectivity index (χ3n) is 2.30. The van der Waals surface area contributed by atoms with Crippen LogP contribution in [0.4, 0.5) is 0 Å². The number of ketones is 1. The van der Waals surface area contributed by atoms with E-state index in [0.29, 0.717) is 6.42 Å². The lowest BCUT2D eigenvalue weighted by atomic mass is 9.98. The molecule has 0 saturated carbocycles. The number of carbonyl (C=O) groups is 1. The Labute approximate surface area is 87.2 Å². The summed E-state index contributed by atoms with van der Waals surface area (Å²) in [5.74, 6) is 0.249. The van der Waals surface area contributed by atoms with Gasteiger partial charge in [-0.1, -0.05) is 11.3 Å². The van der Waals surface area contributed by atoms with E-state index in [1.54, 1.807) is 24.5 Å². The molecule has 0 fully saturated rings. The van der Waals surface area contributed by atoms with Gasteiger partial charge in [0.2, 0.25) is 0 Å². The Kier molecular flexibility index (Phi) is 2.68. The Balaban J connectivity index is 2.25. The lowest BCUT2D eigenvalue weighted by molar-refractivity contribution is -0.114. The molecule has 0 amide bonds. The van der Waals surface area contributed by atoms with Gasteiger partial charge in [-0.25, -0.2) is 0 Å². The van der Waals surface area contributed by atoms with E-state index in [4.69, 9.17) is 4.74 Å². The summed E-state index contributed by atoms with van der Waals surface area (Å²) in [5.41, 5.74) is 1.16. The van der Waals surface area contributed by atoms with Crippen molar-refractivity contribution in [3.63, 3.8) is 0 Å². The molecule has 1 aliphatic rings. The highest BCUT2D eigenvalue weighted by Crippen LogP contribution is 2.33. The lowest BCUT2D eigenvalue weighted by Crippen LogP contribution is -2.00. The van der Waals surface area contributed by atoms with Crippen LogP contribution in [-0.2, 0) is 4.79 Å². The quantitative estimate of drug-likeness (QED) is 0.747. The largest absolute Gasteiger partial charge is 0.487 e. The van der Waals surface area contributed by atoms with Crippen LogP contribution in [0.3, 0.4) is 0 Å². The minimum absolute atomic E-state index is 0.249. The molecular weight excluding hydrogens is 196 g/mol. The number of rotatable bonds is 2. The number of hydrogen-bond donors (Lipinski definition) is 0. The lowest BCUT2D eigenvalue weighted by Gasteiger charge is -2.09. The highest BCUT2D eigenvalue weighted by molar-refractivity contribution is 7.14. The minimum Gasteiger partial charge on any atom is -0.487 e. The van der Waals surface area contributed by atoms with Crippen LogP contribution in [0.15, 0.2) is 18.2 Å². The van der Waals surface area contributed by atoms with Gasteiger partial charge >= 0.3 is 0 Å². The Morgan fingerprint density at radius 1 is 1.36 bits per heavy atom. The molecule has 0 radical (unpaired) electrons. The third kappa shape index (κ3) is 1.87. The molecule has 0 saturated heterocycles. The molecule has 0 aliphatic heterocycles. The minimum atomic E-state index is 0.249. The van der Waals surface area contributed by atoms with E-state index in [1.165, 1.54) is 0 Å². The molecule has 2 nitrogen and oxygen atoms in total. The molecule has 0 unspecified atom stereocenters. The summed E-state index contributed by atoms with van der Waals surface area (Å²) in [4.78, 5) is 12.4. The van der Waals surface area contributed by atoms with Gasteiger partial charge in [0, 0.05) is 11.3 Å². The number of methoxy groups -OCH3 is 1. The average molecular weight is 208 g/mol. The summed E-state index contributed by atoms with van der Waals surface area (Å²) >= 11 is 1.60. The Morgan fingerprint density at radius 3 is 2.86 bits per heavy atom. The second-order valence-electron chi connectivity index (χ2n) is 3.31. The van der Waals surface area contributed by atoms with Crippen LogP contribution in [0, 0.1) is 0 Å². The van der Waals surface area contributed by atoms with Crippen molar-refractivity contribution in [2.45, 2.75) is 19.3 Å². The SMILES string of the molecule is COc1ccc(C2=CC(=O)CCC2)s1. The maximum absolute atomic E-state index is 11.2. The summed E-state index contributed by atoms with van der Waals surface area (Å²) in [5, 5.41) is 0.902. The van der Waals surface area contributed by atoms with Crippen molar-refractivity contribution >= 4 is 22.7 Å². The second kappa shape index (κ2) is 3.96. The van der Waals surface area contributed by atoms with Crippen molar-refractivity contribution in [1.29, 1.82) is 0 Å². The van der Waals surface area contributed by atoms with Crippen LogP contribution >= 0.6 is 11.3 Å². The van der Waals surface area contributed by atoms with Crippen LogP contribution in [0.25, 0.3) is 5.57 Å². The molecule has 2 rings (SSSR count). The highest BCUT2D eigenvalue weighted by Gasteiger charge is 2.13. The summed E-state index contributed by atoms with van der Waals surface area (Å²) in [6, 6.07) is 3.97. The van der Waals surface area contributed by atoms with Gasteiger partial charge in [0.25, 0.3) is 0 Å². The molecular formula is C11H12O2S. The molecule has 0 bridgehead atoms. The molecule has 1 heterocycles. The monoisotopic (exact) mass is 208 g/mol. The molecule has 74 valence electrons. The average Bonchev–Trinajstić information content (AvgIpc) is 2.66. The van der Waals surface area contributed by atoms with Crippen LogP contribution < -0.4 is 4.74 Å². The van der Waals surface area contributed by atoms with Crippen molar-refractivity contribution in [2.24, 2.45) is 0 Å². The molecule has 0 spiro atoms. The molecule has 14 heavy (non-hydrogen) atoms. The van der Waals surface area contributed by atoms with Gasteiger partial charge in [0.05, 0.1) is 7.11 Å². The first kappa shape index (κ1) is 9.46. The number of thiophene rings is 1. The van der Waals surface area contributed by atoms with Crippen LogP contribution in [-0.4, -0.2) is 12.9 Å². The van der Waals surface area contributed by atoms with Crippen LogP contribution in [0.2, 0.25) is 0 Å². The van der Waals surface area contributed by atoms with Gasteiger partial charge in [0.15, 0.2) is 10.8 Å². The fourth-order valence-electron chi connectivity index (χ4n) is 1.59. The van der Waals surface area contributed by atoms with Crippen molar-refractivity contribution < 1.29 is 9.53 Å². The summed E-state index contributed by atoms with van der Waals surface area (Å²) in [7, 11) is 1.66. The molecule has 3 heteroatoms. The van der Waals surface area contributed by atoms with E-state index >= 15 is 0 Å². The standard InChI is InChI=1S/C11H12O2S/c1-13-11-6-5-10(14-11)8-3-2-4-9(12)7-8/h5-7H,2-4H2,1H3. The van der Waals surface area contributed by atoms with E-state index in [2.05, 4.69) is 0 Å². The Hall–Kier alpha value is -1.09. The van der Waals surface area contributed by atoms with Gasteiger partial charge in [-0.05, 0) is 36.6 Å². The molecule has 1 aliphatic carbocycles. The third-order valence-corrected chi connectivity index (χ3v) is 3.43. The molecule has 0 N–H and O–H groups in total. The smallest absolute Gasteiger partial charge is 0.173 e. The second-order valence-corrected chi connectivity index (χ2v) is 4.36. The predicted octanol–water partition coefficient (Wildman–Crippen LogP) is 2.89. The van der Waals surface area contributed by atoms with Gasteiger partial charge in [0.1, 0.15) is 0 Å². The van der Waals surface area contributed by atoms with Crippen molar-refractivity contribution in [3.05, 3.63) is 23.1 Å². The van der Waals surface area contributed by atoms with Gasteiger partial charge in [-0.2, -0.15) is 0 Å². The Morgan fingerprint density at radius 2 is 2.21 bits per heavy atom. The molecule has 1 aromatic heterocycles. The van der Waals surface area contributed by atoms with E-state index in [-0.39, 0.29) is 5.78 Å².